The van der Waals surface area contributed by atoms with Crippen LogP contribution in [-0.2, 0) is 6.54 Å². The van der Waals surface area contributed by atoms with Crippen molar-refractivity contribution in [2.24, 2.45) is 0 Å². The molecule has 0 fully saturated rings. The second-order valence-electron chi connectivity index (χ2n) is 3.56. The van der Waals surface area contributed by atoms with E-state index in [4.69, 9.17) is 0 Å². The number of Topliss-reactive ketones (excluding diaryl/α,β-unsaturated/α-hetero) is 1. The summed E-state index contributed by atoms with van der Waals surface area (Å²) in [6.07, 6.45) is 1.93. The van der Waals surface area contributed by atoms with Crippen LogP contribution < -0.4 is 0 Å². The van der Waals surface area contributed by atoms with E-state index in [1.807, 2.05) is 41.1 Å². The number of carbonyl (C=O) groups excluding carboxylic acids is 1. The van der Waals surface area contributed by atoms with Crippen molar-refractivity contribution in [3.63, 3.8) is 0 Å². The highest BCUT2D eigenvalue weighted by Gasteiger charge is 2.05. The molecule has 0 amide bonds. The summed E-state index contributed by atoms with van der Waals surface area (Å²) in [6, 6.07) is 13.9. The van der Waals surface area contributed by atoms with Gasteiger partial charge in [-0.15, -0.1) is 0 Å². The third-order valence-corrected chi connectivity index (χ3v) is 2.39. The van der Waals surface area contributed by atoms with E-state index in [1.165, 1.54) is 5.56 Å². The van der Waals surface area contributed by atoms with Gasteiger partial charge in [-0.2, -0.15) is 0 Å². The van der Waals surface area contributed by atoms with Crippen molar-refractivity contribution >= 4 is 5.78 Å². The Hall–Kier alpha value is -1.83. The molecule has 2 rings (SSSR count). The molecule has 0 unspecified atom stereocenters. The van der Waals surface area contributed by atoms with Crippen LogP contribution in [0.5, 0.6) is 0 Å². The molecule has 0 aliphatic heterocycles. The summed E-state index contributed by atoms with van der Waals surface area (Å²) in [5.74, 6) is 0.107. The Morgan fingerprint density at radius 2 is 1.87 bits per heavy atom. The van der Waals surface area contributed by atoms with Gasteiger partial charge in [0.2, 0.25) is 0 Å². The highest BCUT2D eigenvalue weighted by atomic mass is 16.1. The lowest BCUT2D eigenvalue weighted by Crippen LogP contribution is -2.06. The smallest absolute Gasteiger partial charge is 0.176 e. The lowest BCUT2D eigenvalue weighted by molar-refractivity contribution is 0.100. The molecule has 1 heterocycles. The number of carbonyl (C=O) groups is 1. The molecule has 0 atom stereocenters. The quantitative estimate of drug-likeness (QED) is 0.697. The van der Waals surface area contributed by atoms with E-state index in [0.29, 0.717) is 0 Å². The molecule has 0 aliphatic carbocycles. The second kappa shape index (κ2) is 4.13. The van der Waals surface area contributed by atoms with E-state index in [9.17, 15) is 4.79 Å². The molecule has 0 bridgehead atoms. The summed E-state index contributed by atoms with van der Waals surface area (Å²) >= 11 is 0. The summed E-state index contributed by atoms with van der Waals surface area (Å²) in [7, 11) is 0. The van der Waals surface area contributed by atoms with Gasteiger partial charge >= 0.3 is 0 Å². The number of rotatable bonds is 3. The third-order valence-electron chi connectivity index (χ3n) is 2.39. The molecule has 0 spiro atoms. The van der Waals surface area contributed by atoms with Crippen LogP contribution in [0.1, 0.15) is 23.0 Å². The van der Waals surface area contributed by atoms with Crippen LogP contribution >= 0.6 is 0 Å². The maximum atomic E-state index is 11.3. The van der Waals surface area contributed by atoms with Crippen molar-refractivity contribution in [1.82, 2.24) is 4.57 Å². The Labute approximate surface area is 89.2 Å². The van der Waals surface area contributed by atoms with Crippen LogP contribution in [0.15, 0.2) is 48.7 Å². The molecule has 0 aliphatic rings. The zero-order valence-electron chi connectivity index (χ0n) is 8.68. The van der Waals surface area contributed by atoms with Crippen molar-refractivity contribution in [2.75, 3.05) is 0 Å². The topological polar surface area (TPSA) is 22.0 Å². The minimum atomic E-state index is 0.107. The Morgan fingerprint density at radius 1 is 1.13 bits per heavy atom. The standard InChI is InChI=1S/C13H13NO/c1-11(15)13-8-5-9-14(13)10-12-6-3-2-4-7-12/h2-9H,10H2,1H3. The van der Waals surface area contributed by atoms with Gasteiger partial charge in [0.25, 0.3) is 0 Å². The van der Waals surface area contributed by atoms with Gasteiger partial charge in [-0.05, 0) is 17.7 Å². The van der Waals surface area contributed by atoms with E-state index in [0.717, 1.165) is 12.2 Å². The summed E-state index contributed by atoms with van der Waals surface area (Å²) in [4.78, 5) is 11.3. The summed E-state index contributed by atoms with van der Waals surface area (Å²) < 4.78 is 1.97. The molecule has 0 saturated carbocycles. The molecule has 0 N–H and O–H groups in total. The summed E-state index contributed by atoms with van der Waals surface area (Å²) in [6.45, 7) is 2.35. The van der Waals surface area contributed by atoms with Crippen LogP contribution in [0.3, 0.4) is 0 Å². The SMILES string of the molecule is CC(=O)c1cccn1Cc1ccccc1. The van der Waals surface area contributed by atoms with E-state index < -0.39 is 0 Å². The first-order chi connectivity index (χ1) is 7.27. The Kier molecular flexibility index (Phi) is 2.68. The van der Waals surface area contributed by atoms with Crippen LogP contribution in [0.2, 0.25) is 0 Å². The van der Waals surface area contributed by atoms with Gasteiger partial charge in [0.15, 0.2) is 5.78 Å². The third kappa shape index (κ3) is 2.15. The Balaban J connectivity index is 2.25. The first-order valence-electron chi connectivity index (χ1n) is 4.97. The van der Waals surface area contributed by atoms with Crippen LogP contribution in [0.4, 0.5) is 0 Å². The fourth-order valence-electron chi connectivity index (χ4n) is 1.65. The minimum absolute atomic E-state index is 0.107. The van der Waals surface area contributed by atoms with Crippen molar-refractivity contribution in [2.45, 2.75) is 13.5 Å². The highest BCUT2D eigenvalue weighted by Crippen LogP contribution is 2.08. The van der Waals surface area contributed by atoms with E-state index >= 15 is 0 Å². The Morgan fingerprint density at radius 3 is 2.53 bits per heavy atom. The monoisotopic (exact) mass is 199 g/mol. The van der Waals surface area contributed by atoms with Crippen LogP contribution in [0.25, 0.3) is 0 Å². The second-order valence-corrected chi connectivity index (χ2v) is 3.56. The van der Waals surface area contributed by atoms with Gasteiger partial charge in [0, 0.05) is 19.7 Å². The highest BCUT2D eigenvalue weighted by molar-refractivity contribution is 5.92. The molecular formula is C13H13NO. The number of ketones is 1. The predicted molar refractivity (Wildman–Crippen MR) is 60.0 cm³/mol. The average molecular weight is 199 g/mol. The molecule has 2 nitrogen and oxygen atoms in total. The number of benzene rings is 1. The van der Waals surface area contributed by atoms with E-state index in [-0.39, 0.29) is 5.78 Å². The first-order valence-corrected chi connectivity index (χ1v) is 4.97. The molecule has 2 aromatic rings. The van der Waals surface area contributed by atoms with Crippen LogP contribution in [0, 0.1) is 0 Å². The van der Waals surface area contributed by atoms with Crippen molar-refractivity contribution in [1.29, 1.82) is 0 Å². The predicted octanol–water partition coefficient (Wildman–Crippen LogP) is 2.74. The minimum Gasteiger partial charge on any atom is -0.341 e. The lowest BCUT2D eigenvalue weighted by Gasteiger charge is -2.06. The lowest BCUT2D eigenvalue weighted by atomic mass is 10.2. The maximum Gasteiger partial charge on any atom is 0.176 e. The molecule has 2 heteroatoms. The van der Waals surface area contributed by atoms with Gasteiger partial charge in [-0.1, -0.05) is 30.3 Å². The van der Waals surface area contributed by atoms with Gasteiger partial charge in [-0.3, -0.25) is 4.79 Å². The van der Waals surface area contributed by atoms with Gasteiger partial charge < -0.3 is 4.57 Å². The average Bonchev–Trinajstić information content (AvgIpc) is 2.67. The van der Waals surface area contributed by atoms with E-state index in [2.05, 4.69) is 12.1 Å². The first kappa shape index (κ1) is 9.71. The molecule has 0 radical (unpaired) electrons. The van der Waals surface area contributed by atoms with Crippen molar-refractivity contribution in [3.8, 4) is 0 Å². The van der Waals surface area contributed by atoms with Crippen molar-refractivity contribution in [3.05, 3.63) is 59.9 Å². The number of aromatic nitrogens is 1. The fraction of sp³-hybridized carbons (Fsp3) is 0.154. The largest absolute Gasteiger partial charge is 0.341 e. The molecule has 15 heavy (non-hydrogen) atoms. The summed E-state index contributed by atoms with van der Waals surface area (Å²) in [5.41, 5.74) is 1.97. The van der Waals surface area contributed by atoms with Crippen LogP contribution in [-0.4, -0.2) is 10.4 Å². The molecular weight excluding hydrogens is 186 g/mol. The number of hydrogen-bond acceptors (Lipinski definition) is 1. The van der Waals surface area contributed by atoms with Gasteiger partial charge in [0.1, 0.15) is 0 Å². The normalized spacial score (nSPS) is 10.2. The van der Waals surface area contributed by atoms with Gasteiger partial charge in [0.05, 0.1) is 5.69 Å². The fourth-order valence-corrected chi connectivity index (χ4v) is 1.65. The zero-order chi connectivity index (χ0) is 10.7. The molecule has 76 valence electrons. The maximum absolute atomic E-state index is 11.3. The molecule has 1 aromatic carbocycles. The molecule has 0 saturated heterocycles. The molecule has 1 aromatic heterocycles. The van der Waals surface area contributed by atoms with Crippen molar-refractivity contribution < 1.29 is 4.79 Å². The van der Waals surface area contributed by atoms with E-state index in [1.54, 1.807) is 6.92 Å². The Bertz CT molecular complexity index is 456. The van der Waals surface area contributed by atoms with Gasteiger partial charge in [-0.25, -0.2) is 0 Å². The number of nitrogens with zero attached hydrogens (tertiary/aromatic N) is 1. The summed E-state index contributed by atoms with van der Waals surface area (Å²) in [5, 5.41) is 0. The number of hydrogen-bond donors (Lipinski definition) is 0. The zero-order valence-corrected chi connectivity index (χ0v) is 8.68.